The Kier molecular flexibility index (Phi) is 4.50. The minimum Gasteiger partial charge on any atom is -0.257 e. The second-order valence-corrected chi connectivity index (χ2v) is 6.79. The van der Waals surface area contributed by atoms with E-state index in [2.05, 4.69) is 20.9 Å². The SMILES string of the molecule is O=S(=O)(C=Cc1ccccn1)Cc1ccc(Br)cc1. The molecule has 0 radical (unpaired) electrons. The Morgan fingerprint density at radius 1 is 1.11 bits per heavy atom. The van der Waals surface area contributed by atoms with Crippen molar-refractivity contribution in [2.45, 2.75) is 5.75 Å². The number of pyridine rings is 1. The molecule has 0 aliphatic rings. The zero-order chi connectivity index (χ0) is 13.7. The van der Waals surface area contributed by atoms with Crippen molar-refractivity contribution in [2.75, 3.05) is 0 Å². The van der Waals surface area contributed by atoms with E-state index in [1.165, 1.54) is 11.5 Å². The third kappa shape index (κ3) is 4.61. The van der Waals surface area contributed by atoms with E-state index >= 15 is 0 Å². The highest BCUT2D eigenvalue weighted by Crippen LogP contribution is 2.14. The van der Waals surface area contributed by atoms with Crippen molar-refractivity contribution < 1.29 is 8.42 Å². The van der Waals surface area contributed by atoms with Gasteiger partial charge in [-0.15, -0.1) is 0 Å². The molecule has 98 valence electrons. The minimum absolute atomic E-state index is 0.0103. The van der Waals surface area contributed by atoms with E-state index in [9.17, 15) is 8.42 Å². The highest BCUT2D eigenvalue weighted by molar-refractivity contribution is 9.10. The Morgan fingerprint density at radius 2 is 1.84 bits per heavy atom. The van der Waals surface area contributed by atoms with Gasteiger partial charge in [-0.3, -0.25) is 4.98 Å². The number of benzene rings is 1. The third-order valence-electron chi connectivity index (χ3n) is 2.42. The number of rotatable bonds is 4. The lowest BCUT2D eigenvalue weighted by Crippen LogP contribution is -1.99. The first-order chi connectivity index (χ1) is 9.05. The molecule has 2 rings (SSSR count). The number of hydrogen-bond donors (Lipinski definition) is 0. The first kappa shape index (κ1) is 14.0. The average molecular weight is 338 g/mol. The number of sulfone groups is 1. The Morgan fingerprint density at radius 3 is 2.47 bits per heavy atom. The van der Waals surface area contributed by atoms with Crippen LogP contribution in [0.25, 0.3) is 6.08 Å². The molecule has 1 aromatic carbocycles. The largest absolute Gasteiger partial charge is 0.257 e. The fourth-order valence-electron chi connectivity index (χ4n) is 1.51. The molecular weight excluding hydrogens is 326 g/mol. The highest BCUT2D eigenvalue weighted by Gasteiger charge is 2.07. The molecule has 0 aliphatic heterocycles. The Balaban J connectivity index is 2.11. The van der Waals surface area contributed by atoms with Crippen LogP contribution in [0.1, 0.15) is 11.3 Å². The van der Waals surface area contributed by atoms with E-state index < -0.39 is 9.84 Å². The summed E-state index contributed by atoms with van der Waals surface area (Å²) in [4.78, 5) is 4.04. The van der Waals surface area contributed by atoms with Gasteiger partial charge in [-0.2, -0.15) is 0 Å². The lowest BCUT2D eigenvalue weighted by Gasteiger charge is -2.00. The van der Waals surface area contributed by atoms with Crippen molar-refractivity contribution in [1.29, 1.82) is 0 Å². The zero-order valence-corrected chi connectivity index (χ0v) is 12.4. The standard InChI is InChI=1S/C14H12BrNO2S/c15-13-6-4-12(5-7-13)11-19(17,18)10-8-14-3-1-2-9-16-14/h1-10H,11H2. The van der Waals surface area contributed by atoms with Gasteiger partial charge in [-0.1, -0.05) is 34.1 Å². The van der Waals surface area contributed by atoms with Crippen molar-refractivity contribution in [2.24, 2.45) is 0 Å². The van der Waals surface area contributed by atoms with E-state index in [1.54, 1.807) is 30.5 Å². The summed E-state index contributed by atoms with van der Waals surface area (Å²) in [5.41, 5.74) is 1.38. The summed E-state index contributed by atoms with van der Waals surface area (Å²) in [6, 6.07) is 12.6. The number of halogens is 1. The van der Waals surface area contributed by atoms with Gasteiger partial charge in [0.25, 0.3) is 0 Å². The zero-order valence-electron chi connectivity index (χ0n) is 10.0. The van der Waals surface area contributed by atoms with Gasteiger partial charge in [0.2, 0.25) is 0 Å². The maximum absolute atomic E-state index is 11.9. The van der Waals surface area contributed by atoms with E-state index in [0.29, 0.717) is 5.69 Å². The molecule has 19 heavy (non-hydrogen) atoms. The van der Waals surface area contributed by atoms with Gasteiger partial charge in [0, 0.05) is 16.1 Å². The van der Waals surface area contributed by atoms with Crippen LogP contribution >= 0.6 is 15.9 Å². The average Bonchev–Trinajstić information content (AvgIpc) is 2.40. The lowest BCUT2D eigenvalue weighted by molar-refractivity contribution is 0.604. The van der Waals surface area contributed by atoms with Crippen molar-refractivity contribution >= 4 is 31.8 Å². The van der Waals surface area contributed by atoms with Crippen LogP contribution in [0, 0.1) is 0 Å². The van der Waals surface area contributed by atoms with Crippen molar-refractivity contribution in [3.63, 3.8) is 0 Å². The second-order valence-electron chi connectivity index (χ2n) is 3.99. The van der Waals surface area contributed by atoms with Crippen LogP contribution in [0.5, 0.6) is 0 Å². The van der Waals surface area contributed by atoms with Crippen LogP contribution in [-0.4, -0.2) is 13.4 Å². The molecule has 0 N–H and O–H groups in total. The molecule has 3 nitrogen and oxygen atoms in total. The Bertz CT molecular complexity index is 664. The molecule has 0 atom stereocenters. The molecular formula is C14H12BrNO2S. The normalized spacial score (nSPS) is 11.8. The quantitative estimate of drug-likeness (QED) is 0.858. The van der Waals surface area contributed by atoms with Gasteiger partial charge in [-0.05, 0) is 35.9 Å². The van der Waals surface area contributed by atoms with Crippen LogP contribution in [0.4, 0.5) is 0 Å². The summed E-state index contributed by atoms with van der Waals surface area (Å²) < 4.78 is 24.8. The number of nitrogens with zero attached hydrogens (tertiary/aromatic N) is 1. The smallest absolute Gasteiger partial charge is 0.175 e. The first-order valence-corrected chi connectivity index (χ1v) is 8.12. The fraction of sp³-hybridized carbons (Fsp3) is 0.0714. The molecule has 0 bridgehead atoms. The van der Waals surface area contributed by atoms with Gasteiger partial charge in [0.05, 0.1) is 11.4 Å². The van der Waals surface area contributed by atoms with Crippen LogP contribution in [0.15, 0.2) is 58.5 Å². The first-order valence-electron chi connectivity index (χ1n) is 5.61. The summed E-state index contributed by atoms with van der Waals surface area (Å²) in [6.07, 6.45) is 3.13. The van der Waals surface area contributed by atoms with Gasteiger partial charge in [0.1, 0.15) is 0 Å². The Hall–Kier alpha value is -1.46. The van der Waals surface area contributed by atoms with Gasteiger partial charge >= 0.3 is 0 Å². The fourth-order valence-corrected chi connectivity index (χ4v) is 2.87. The van der Waals surface area contributed by atoms with E-state index in [-0.39, 0.29) is 5.75 Å². The van der Waals surface area contributed by atoms with Crippen LogP contribution in [0.2, 0.25) is 0 Å². The van der Waals surface area contributed by atoms with E-state index in [1.807, 2.05) is 18.2 Å². The predicted octanol–water partition coefficient (Wildman–Crippen LogP) is 3.43. The monoisotopic (exact) mass is 337 g/mol. The van der Waals surface area contributed by atoms with Gasteiger partial charge in [-0.25, -0.2) is 8.42 Å². The summed E-state index contributed by atoms with van der Waals surface area (Å²) in [5, 5.41) is 1.21. The molecule has 1 heterocycles. The maximum atomic E-state index is 11.9. The lowest BCUT2D eigenvalue weighted by atomic mass is 10.2. The molecule has 5 heteroatoms. The van der Waals surface area contributed by atoms with Crippen molar-refractivity contribution in [3.8, 4) is 0 Å². The topological polar surface area (TPSA) is 47.0 Å². The molecule has 0 fully saturated rings. The molecule has 0 saturated heterocycles. The number of hydrogen-bond acceptors (Lipinski definition) is 3. The maximum Gasteiger partial charge on any atom is 0.175 e. The molecule has 2 aromatic rings. The summed E-state index contributed by atoms with van der Waals surface area (Å²) in [7, 11) is -3.28. The molecule has 1 aromatic heterocycles. The molecule has 0 spiro atoms. The van der Waals surface area contributed by atoms with Crippen LogP contribution in [-0.2, 0) is 15.6 Å². The van der Waals surface area contributed by atoms with Crippen LogP contribution in [0.3, 0.4) is 0 Å². The van der Waals surface area contributed by atoms with E-state index in [4.69, 9.17) is 0 Å². The molecule has 0 unspecified atom stereocenters. The van der Waals surface area contributed by atoms with Crippen molar-refractivity contribution in [1.82, 2.24) is 4.98 Å². The van der Waals surface area contributed by atoms with Crippen molar-refractivity contribution in [3.05, 3.63) is 69.8 Å². The predicted molar refractivity (Wildman–Crippen MR) is 80.0 cm³/mol. The van der Waals surface area contributed by atoms with Crippen LogP contribution < -0.4 is 0 Å². The highest BCUT2D eigenvalue weighted by atomic mass is 79.9. The second kappa shape index (κ2) is 6.12. The Labute approximate surface area is 121 Å². The number of aromatic nitrogens is 1. The summed E-state index contributed by atoms with van der Waals surface area (Å²) in [6.45, 7) is 0. The van der Waals surface area contributed by atoms with E-state index in [0.717, 1.165) is 10.0 Å². The molecule has 0 amide bonds. The van der Waals surface area contributed by atoms with Gasteiger partial charge in [0.15, 0.2) is 9.84 Å². The molecule has 0 saturated carbocycles. The summed E-state index contributed by atoms with van der Waals surface area (Å²) in [5.74, 6) is -0.0103. The minimum atomic E-state index is -3.28. The summed E-state index contributed by atoms with van der Waals surface area (Å²) >= 11 is 3.31. The third-order valence-corrected chi connectivity index (χ3v) is 4.23. The molecule has 0 aliphatic carbocycles. The van der Waals surface area contributed by atoms with Gasteiger partial charge < -0.3 is 0 Å².